The molecule has 0 aromatic heterocycles. The third-order valence-corrected chi connectivity index (χ3v) is 3.58. The number of rotatable bonds is 6. The van der Waals surface area contributed by atoms with Gasteiger partial charge in [-0.2, -0.15) is 0 Å². The number of aliphatic hydroxyl groups is 1. The SMILES string of the molecule is CCC(C)(CO)CNCc1cccc2c1OCO2. The molecule has 1 aromatic carbocycles. The summed E-state index contributed by atoms with van der Waals surface area (Å²) in [5, 5.41) is 12.7. The molecule has 1 aliphatic heterocycles. The fourth-order valence-corrected chi connectivity index (χ4v) is 1.92. The Bertz CT molecular complexity index is 402. The maximum atomic E-state index is 9.35. The highest BCUT2D eigenvalue weighted by Crippen LogP contribution is 2.35. The molecule has 4 heteroatoms. The average molecular weight is 251 g/mol. The van der Waals surface area contributed by atoms with E-state index < -0.39 is 0 Å². The van der Waals surface area contributed by atoms with Crippen LogP contribution < -0.4 is 14.8 Å². The molecule has 4 nitrogen and oxygen atoms in total. The van der Waals surface area contributed by atoms with Crippen LogP contribution >= 0.6 is 0 Å². The minimum Gasteiger partial charge on any atom is -0.454 e. The van der Waals surface area contributed by atoms with Gasteiger partial charge in [-0.15, -0.1) is 0 Å². The molecule has 2 rings (SSSR count). The molecule has 0 saturated heterocycles. The Hall–Kier alpha value is -1.26. The maximum absolute atomic E-state index is 9.35. The number of nitrogens with one attached hydrogen (secondary N) is 1. The lowest BCUT2D eigenvalue weighted by atomic mass is 9.88. The van der Waals surface area contributed by atoms with E-state index in [0.717, 1.165) is 36.6 Å². The molecule has 1 aliphatic rings. The number of para-hydroxylation sites is 1. The van der Waals surface area contributed by atoms with E-state index in [-0.39, 0.29) is 12.0 Å². The van der Waals surface area contributed by atoms with Gasteiger partial charge in [0, 0.05) is 30.7 Å². The van der Waals surface area contributed by atoms with Gasteiger partial charge in [-0.3, -0.25) is 0 Å². The van der Waals surface area contributed by atoms with E-state index in [9.17, 15) is 5.11 Å². The molecule has 18 heavy (non-hydrogen) atoms. The molecule has 0 fully saturated rings. The highest BCUT2D eigenvalue weighted by Gasteiger charge is 2.21. The molecule has 1 unspecified atom stereocenters. The van der Waals surface area contributed by atoms with Gasteiger partial charge in [0.2, 0.25) is 6.79 Å². The van der Waals surface area contributed by atoms with Crippen molar-refractivity contribution in [3.05, 3.63) is 23.8 Å². The Kier molecular flexibility index (Phi) is 4.09. The summed E-state index contributed by atoms with van der Waals surface area (Å²) < 4.78 is 10.8. The van der Waals surface area contributed by atoms with Gasteiger partial charge < -0.3 is 19.9 Å². The normalized spacial score (nSPS) is 16.6. The highest BCUT2D eigenvalue weighted by atomic mass is 16.7. The molecule has 0 bridgehead atoms. The van der Waals surface area contributed by atoms with Crippen LogP contribution in [-0.2, 0) is 6.54 Å². The summed E-state index contributed by atoms with van der Waals surface area (Å²) in [5.41, 5.74) is 1.04. The Labute approximate surface area is 108 Å². The molecule has 2 N–H and O–H groups in total. The van der Waals surface area contributed by atoms with Gasteiger partial charge in [-0.1, -0.05) is 26.0 Å². The molecular formula is C14H21NO3. The summed E-state index contributed by atoms with van der Waals surface area (Å²) in [6.07, 6.45) is 0.947. The van der Waals surface area contributed by atoms with E-state index >= 15 is 0 Å². The second-order valence-electron chi connectivity index (χ2n) is 5.08. The molecule has 1 heterocycles. The fourth-order valence-electron chi connectivity index (χ4n) is 1.92. The van der Waals surface area contributed by atoms with Gasteiger partial charge in [0.05, 0.1) is 0 Å². The lowest BCUT2D eigenvalue weighted by Crippen LogP contribution is -2.34. The third kappa shape index (κ3) is 2.76. The van der Waals surface area contributed by atoms with Crippen molar-refractivity contribution in [1.29, 1.82) is 0 Å². The second-order valence-corrected chi connectivity index (χ2v) is 5.08. The van der Waals surface area contributed by atoms with Gasteiger partial charge >= 0.3 is 0 Å². The van der Waals surface area contributed by atoms with Crippen LogP contribution in [-0.4, -0.2) is 25.1 Å². The summed E-state index contributed by atoms with van der Waals surface area (Å²) in [6, 6.07) is 5.91. The van der Waals surface area contributed by atoms with Gasteiger partial charge in [-0.25, -0.2) is 0 Å². The molecule has 0 spiro atoms. The number of hydrogen-bond donors (Lipinski definition) is 2. The zero-order valence-corrected chi connectivity index (χ0v) is 11.0. The van der Waals surface area contributed by atoms with Crippen LogP contribution in [0.1, 0.15) is 25.8 Å². The van der Waals surface area contributed by atoms with E-state index in [1.807, 2.05) is 18.2 Å². The fraction of sp³-hybridized carbons (Fsp3) is 0.571. The third-order valence-electron chi connectivity index (χ3n) is 3.58. The summed E-state index contributed by atoms with van der Waals surface area (Å²) in [5.74, 6) is 1.65. The lowest BCUT2D eigenvalue weighted by Gasteiger charge is -2.26. The van der Waals surface area contributed by atoms with Crippen molar-refractivity contribution >= 4 is 0 Å². The summed E-state index contributed by atoms with van der Waals surface area (Å²) in [4.78, 5) is 0. The standard InChI is InChI=1S/C14H21NO3/c1-3-14(2,9-16)8-15-7-11-5-4-6-12-13(11)18-10-17-12/h4-6,15-16H,3,7-10H2,1-2H3. The quantitative estimate of drug-likeness (QED) is 0.811. The predicted octanol–water partition coefficient (Wildman–Crippen LogP) is 1.91. The second kappa shape index (κ2) is 5.59. The maximum Gasteiger partial charge on any atom is 0.231 e. The average Bonchev–Trinajstić information content (AvgIpc) is 2.87. The van der Waals surface area contributed by atoms with E-state index in [1.165, 1.54) is 0 Å². The largest absolute Gasteiger partial charge is 0.454 e. The summed E-state index contributed by atoms with van der Waals surface area (Å²) in [7, 11) is 0. The first-order chi connectivity index (χ1) is 8.68. The minimum absolute atomic E-state index is 0.0602. The van der Waals surface area contributed by atoms with E-state index in [0.29, 0.717) is 6.79 Å². The van der Waals surface area contributed by atoms with Gasteiger partial charge in [-0.05, 0) is 12.5 Å². The molecule has 1 atom stereocenters. The topological polar surface area (TPSA) is 50.7 Å². The van der Waals surface area contributed by atoms with Crippen molar-refractivity contribution in [3.63, 3.8) is 0 Å². The Balaban J connectivity index is 1.93. The van der Waals surface area contributed by atoms with Crippen molar-refractivity contribution in [3.8, 4) is 11.5 Å². The van der Waals surface area contributed by atoms with Crippen molar-refractivity contribution in [2.45, 2.75) is 26.8 Å². The molecule has 100 valence electrons. The summed E-state index contributed by atoms with van der Waals surface area (Å²) in [6.45, 7) is 6.18. The van der Waals surface area contributed by atoms with Gasteiger partial charge in [0.1, 0.15) is 0 Å². The first-order valence-corrected chi connectivity index (χ1v) is 6.37. The van der Waals surface area contributed by atoms with E-state index in [4.69, 9.17) is 9.47 Å². The van der Waals surface area contributed by atoms with Crippen molar-refractivity contribution < 1.29 is 14.6 Å². The van der Waals surface area contributed by atoms with Crippen LogP contribution in [0.4, 0.5) is 0 Å². The van der Waals surface area contributed by atoms with Crippen LogP contribution in [0, 0.1) is 5.41 Å². The molecule has 1 aromatic rings. The van der Waals surface area contributed by atoms with Crippen LogP contribution in [0.5, 0.6) is 11.5 Å². The predicted molar refractivity (Wildman–Crippen MR) is 69.8 cm³/mol. The molecule has 0 amide bonds. The molecular weight excluding hydrogens is 230 g/mol. The Morgan fingerprint density at radius 1 is 1.39 bits per heavy atom. The zero-order chi connectivity index (χ0) is 13.0. The lowest BCUT2D eigenvalue weighted by molar-refractivity contribution is 0.135. The Morgan fingerprint density at radius 2 is 2.22 bits per heavy atom. The van der Waals surface area contributed by atoms with Gasteiger partial charge in [0.15, 0.2) is 11.5 Å². The van der Waals surface area contributed by atoms with E-state index in [1.54, 1.807) is 0 Å². The number of ether oxygens (including phenoxy) is 2. The Morgan fingerprint density at radius 3 is 2.94 bits per heavy atom. The summed E-state index contributed by atoms with van der Waals surface area (Å²) >= 11 is 0. The van der Waals surface area contributed by atoms with Crippen molar-refractivity contribution in [1.82, 2.24) is 5.32 Å². The molecule has 0 aliphatic carbocycles. The molecule has 0 saturated carbocycles. The van der Waals surface area contributed by atoms with Gasteiger partial charge in [0.25, 0.3) is 0 Å². The van der Waals surface area contributed by atoms with Crippen molar-refractivity contribution in [2.75, 3.05) is 19.9 Å². The number of benzene rings is 1. The van der Waals surface area contributed by atoms with Crippen molar-refractivity contribution in [2.24, 2.45) is 5.41 Å². The van der Waals surface area contributed by atoms with Crippen LogP contribution in [0.3, 0.4) is 0 Å². The number of fused-ring (bicyclic) bond motifs is 1. The zero-order valence-electron chi connectivity index (χ0n) is 11.0. The first kappa shape index (κ1) is 13.2. The number of aliphatic hydroxyl groups excluding tert-OH is 1. The van der Waals surface area contributed by atoms with E-state index in [2.05, 4.69) is 19.2 Å². The molecule has 0 radical (unpaired) electrons. The highest BCUT2D eigenvalue weighted by molar-refractivity contribution is 5.48. The van der Waals surface area contributed by atoms with Crippen LogP contribution in [0.2, 0.25) is 0 Å². The minimum atomic E-state index is -0.0602. The smallest absolute Gasteiger partial charge is 0.231 e. The van der Waals surface area contributed by atoms with Crippen LogP contribution in [0.15, 0.2) is 18.2 Å². The van der Waals surface area contributed by atoms with Crippen LogP contribution in [0.25, 0.3) is 0 Å². The monoisotopic (exact) mass is 251 g/mol. The number of hydrogen-bond acceptors (Lipinski definition) is 4. The first-order valence-electron chi connectivity index (χ1n) is 6.37.